The highest BCUT2D eigenvalue weighted by Crippen LogP contribution is 2.18. The van der Waals surface area contributed by atoms with Gasteiger partial charge in [0, 0.05) is 17.3 Å². The molecule has 0 radical (unpaired) electrons. The number of benzene rings is 1. The van der Waals surface area contributed by atoms with Gasteiger partial charge in [0.1, 0.15) is 11.9 Å². The molecule has 7 heteroatoms. The minimum atomic E-state index is -0.505. The van der Waals surface area contributed by atoms with Crippen LogP contribution < -0.4 is 5.32 Å². The third-order valence-electron chi connectivity index (χ3n) is 3.39. The Kier molecular flexibility index (Phi) is 3.92. The van der Waals surface area contributed by atoms with Crippen molar-refractivity contribution in [1.82, 2.24) is 19.6 Å². The van der Waals surface area contributed by atoms with Crippen LogP contribution in [0.2, 0.25) is 0 Å². The number of hydrogen-bond donors (Lipinski definition) is 1. The molecule has 1 aromatic carbocycles. The van der Waals surface area contributed by atoms with Crippen LogP contribution >= 0.6 is 0 Å². The molecule has 0 bridgehead atoms. The molecule has 0 amide bonds. The molecule has 0 saturated heterocycles. The second-order valence-electron chi connectivity index (χ2n) is 5.19. The van der Waals surface area contributed by atoms with E-state index >= 15 is 0 Å². The number of aromatic nitrogens is 4. The zero-order chi connectivity index (χ0) is 16.4. The van der Waals surface area contributed by atoms with Crippen molar-refractivity contribution in [3.63, 3.8) is 0 Å². The number of methoxy groups -OCH3 is 1. The van der Waals surface area contributed by atoms with E-state index in [2.05, 4.69) is 20.4 Å². The fourth-order valence-corrected chi connectivity index (χ4v) is 2.26. The fourth-order valence-electron chi connectivity index (χ4n) is 2.26. The summed E-state index contributed by atoms with van der Waals surface area (Å²) in [6.07, 6.45) is 0. The summed E-state index contributed by atoms with van der Waals surface area (Å²) in [5, 5.41) is 7.58. The number of nitrogens with zero attached hydrogens (tertiary/aromatic N) is 4. The van der Waals surface area contributed by atoms with Gasteiger partial charge in [-0.3, -0.25) is 0 Å². The van der Waals surface area contributed by atoms with Gasteiger partial charge in [0.15, 0.2) is 5.82 Å². The molecule has 0 aliphatic rings. The number of carbonyl (C=O) groups is 1. The number of aryl methyl sites for hydroxylation is 1. The SMILES string of the molecule is COC(=O)C(C)Nc1cc(C)nc2nc(-c3ccccc3)nn12. The molecule has 3 rings (SSSR count). The summed E-state index contributed by atoms with van der Waals surface area (Å²) < 4.78 is 6.33. The average molecular weight is 311 g/mol. The first kappa shape index (κ1) is 15.0. The molecule has 0 aliphatic heterocycles. The second kappa shape index (κ2) is 6.04. The standard InChI is InChI=1S/C16H17N5O2/c1-10-9-13(18-11(2)15(22)23-3)21-16(17-10)19-14(20-21)12-7-5-4-6-8-12/h4-9,11,18H,1-3H3. The molecule has 1 unspecified atom stereocenters. The summed E-state index contributed by atoms with van der Waals surface area (Å²) in [5.74, 6) is 1.34. The summed E-state index contributed by atoms with van der Waals surface area (Å²) in [4.78, 5) is 20.5. The molecule has 2 aromatic heterocycles. The minimum absolute atomic E-state index is 0.351. The Morgan fingerprint density at radius 1 is 1.26 bits per heavy atom. The molecule has 23 heavy (non-hydrogen) atoms. The Hall–Kier alpha value is -2.96. The number of rotatable bonds is 4. The van der Waals surface area contributed by atoms with Crippen molar-refractivity contribution in [2.75, 3.05) is 12.4 Å². The van der Waals surface area contributed by atoms with Crippen molar-refractivity contribution in [2.24, 2.45) is 0 Å². The number of fused-ring (bicyclic) bond motifs is 1. The highest BCUT2D eigenvalue weighted by atomic mass is 16.5. The van der Waals surface area contributed by atoms with Crippen LogP contribution in [0.5, 0.6) is 0 Å². The van der Waals surface area contributed by atoms with E-state index in [1.54, 1.807) is 11.4 Å². The van der Waals surface area contributed by atoms with Crippen LogP contribution in [0.3, 0.4) is 0 Å². The van der Waals surface area contributed by atoms with Gasteiger partial charge < -0.3 is 10.1 Å². The van der Waals surface area contributed by atoms with Crippen LogP contribution in [0.4, 0.5) is 5.82 Å². The minimum Gasteiger partial charge on any atom is -0.467 e. The predicted octanol–water partition coefficient (Wildman–Crippen LogP) is 2.07. The van der Waals surface area contributed by atoms with E-state index in [-0.39, 0.29) is 5.97 Å². The molecule has 0 saturated carbocycles. The predicted molar refractivity (Wildman–Crippen MR) is 86.1 cm³/mol. The quantitative estimate of drug-likeness (QED) is 0.743. The monoisotopic (exact) mass is 311 g/mol. The van der Waals surface area contributed by atoms with E-state index in [1.807, 2.05) is 43.3 Å². The zero-order valence-electron chi connectivity index (χ0n) is 13.1. The van der Waals surface area contributed by atoms with Gasteiger partial charge >= 0.3 is 5.97 Å². The molecule has 0 aliphatic carbocycles. The summed E-state index contributed by atoms with van der Waals surface area (Å²) in [7, 11) is 1.36. The Morgan fingerprint density at radius 3 is 2.70 bits per heavy atom. The highest BCUT2D eigenvalue weighted by molar-refractivity contribution is 5.78. The number of hydrogen-bond acceptors (Lipinski definition) is 6. The number of esters is 1. The molecule has 118 valence electrons. The Bertz CT molecular complexity index is 844. The van der Waals surface area contributed by atoms with E-state index in [0.717, 1.165) is 11.3 Å². The van der Waals surface area contributed by atoms with Gasteiger partial charge in [-0.2, -0.15) is 9.50 Å². The Labute approximate surface area is 133 Å². The normalized spacial score (nSPS) is 12.1. The number of nitrogens with one attached hydrogen (secondary N) is 1. The van der Waals surface area contributed by atoms with E-state index in [4.69, 9.17) is 4.74 Å². The lowest BCUT2D eigenvalue weighted by molar-refractivity contribution is -0.141. The van der Waals surface area contributed by atoms with E-state index in [1.165, 1.54) is 7.11 Å². The Balaban J connectivity index is 2.04. The lowest BCUT2D eigenvalue weighted by atomic mass is 10.2. The summed E-state index contributed by atoms with van der Waals surface area (Å²) >= 11 is 0. The van der Waals surface area contributed by atoms with Crippen molar-refractivity contribution >= 4 is 17.6 Å². The van der Waals surface area contributed by atoms with Gasteiger partial charge in [-0.25, -0.2) is 9.78 Å². The average Bonchev–Trinajstić information content (AvgIpc) is 2.98. The maximum absolute atomic E-state index is 11.6. The highest BCUT2D eigenvalue weighted by Gasteiger charge is 2.17. The first-order valence-electron chi connectivity index (χ1n) is 7.22. The van der Waals surface area contributed by atoms with E-state index in [0.29, 0.717) is 17.4 Å². The molecule has 1 N–H and O–H groups in total. The van der Waals surface area contributed by atoms with Crippen LogP contribution in [0, 0.1) is 6.92 Å². The van der Waals surface area contributed by atoms with E-state index < -0.39 is 6.04 Å². The van der Waals surface area contributed by atoms with Crippen LogP contribution in [0.15, 0.2) is 36.4 Å². The third kappa shape index (κ3) is 2.98. The van der Waals surface area contributed by atoms with Crippen LogP contribution in [0.1, 0.15) is 12.6 Å². The summed E-state index contributed by atoms with van der Waals surface area (Å²) in [6, 6.07) is 11.0. The van der Waals surface area contributed by atoms with Gasteiger partial charge in [0.25, 0.3) is 5.78 Å². The molecule has 0 spiro atoms. The van der Waals surface area contributed by atoms with Gasteiger partial charge in [-0.05, 0) is 13.8 Å². The third-order valence-corrected chi connectivity index (χ3v) is 3.39. The maximum atomic E-state index is 11.6. The first-order chi connectivity index (χ1) is 11.1. The lowest BCUT2D eigenvalue weighted by Crippen LogP contribution is -2.28. The Morgan fingerprint density at radius 2 is 2.00 bits per heavy atom. The smallest absolute Gasteiger partial charge is 0.328 e. The number of ether oxygens (including phenoxy) is 1. The second-order valence-corrected chi connectivity index (χ2v) is 5.19. The molecule has 3 aromatic rings. The lowest BCUT2D eigenvalue weighted by Gasteiger charge is -2.13. The fraction of sp³-hybridized carbons (Fsp3) is 0.250. The number of anilines is 1. The molecule has 1 atom stereocenters. The maximum Gasteiger partial charge on any atom is 0.328 e. The molecule has 2 heterocycles. The van der Waals surface area contributed by atoms with Crippen molar-refractivity contribution in [3.05, 3.63) is 42.1 Å². The van der Waals surface area contributed by atoms with Crippen molar-refractivity contribution in [2.45, 2.75) is 19.9 Å². The van der Waals surface area contributed by atoms with Gasteiger partial charge in [-0.15, -0.1) is 5.10 Å². The number of carbonyl (C=O) groups excluding carboxylic acids is 1. The van der Waals surface area contributed by atoms with Crippen molar-refractivity contribution in [3.8, 4) is 11.4 Å². The molecular weight excluding hydrogens is 294 g/mol. The summed E-state index contributed by atoms with van der Waals surface area (Å²) in [6.45, 7) is 3.59. The molecular formula is C16H17N5O2. The zero-order valence-corrected chi connectivity index (χ0v) is 13.1. The van der Waals surface area contributed by atoms with Crippen LogP contribution in [0.25, 0.3) is 17.2 Å². The van der Waals surface area contributed by atoms with Gasteiger partial charge in [-0.1, -0.05) is 30.3 Å². The molecule has 0 fully saturated rings. The van der Waals surface area contributed by atoms with Crippen molar-refractivity contribution < 1.29 is 9.53 Å². The molecule has 7 nitrogen and oxygen atoms in total. The topological polar surface area (TPSA) is 81.4 Å². The first-order valence-corrected chi connectivity index (χ1v) is 7.22. The van der Waals surface area contributed by atoms with Gasteiger partial charge in [0.2, 0.25) is 0 Å². The van der Waals surface area contributed by atoms with E-state index in [9.17, 15) is 4.79 Å². The van der Waals surface area contributed by atoms with Gasteiger partial charge in [0.05, 0.1) is 7.11 Å². The van der Waals surface area contributed by atoms with Crippen molar-refractivity contribution in [1.29, 1.82) is 0 Å². The largest absolute Gasteiger partial charge is 0.467 e. The van der Waals surface area contributed by atoms with Crippen LogP contribution in [-0.2, 0) is 9.53 Å². The summed E-state index contributed by atoms with van der Waals surface area (Å²) in [5.41, 5.74) is 1.69. The van der Waals surface area contributed by atoms with Crippen LogP contribution in [-0.4, -0.2) is 38.7 Å².